The molecular weight excluding hydrogens is 316 g/mol. The average molecular weight is 334 g/mol. The zero-order valence-corrected chi connectivity index (χ0v) is 13.8. The van der Waals surface area contributed by atoms with Crippen LogP contribution in [0.3, 0.4) is 0 Å². The molecule has 126 valence electrons. The van der Waals surface area contributed by atoms with Crippen LogP contribution in [0.1, 0.15) is 30.6 Å². The number of rotatable bonds is 3. The molecule has 1 unspecified atom stereocenters. The Balaban J connectivity index is 2.20. The summed E-state index contributed by atoms with van der Waals surface area (Å²) in [6.07, 6.45) is 2.12. The van der Waals surface area contributed by atoms with Crippen molar-refractivity contribution < 1.29 is 19.1 Å². The molecule has 4 nitrogen and oxygen atoms in total. The minimum atomic E-state index is -0.621. The lowest BCUT2D eigenvalue weighted by Crippen LogP contribution is -2.13. The fraction of sp³-hybridized carbons (Fsp3) is 0.143. The smallest absolute Gasteiger partial charge is 0.336 e. The standard InChI is InChI=1S/C21H18O4/c1-2-17-20(15-9-5-3-6-10-15)24-18(22)13-14-19(23)25-21(17)16-11-7-4-8-12-16/h3-14,20H,2H2,1H3/b14-13-,21-17-. The van der Waals surface area contributed by atoms with Crippen molar-refractivity contribution in [3.63, 3.8) is 0 Å². The Labute approximate surface area is 146 Å². The maximum atomic E-state index is 12.1. The van der Waals surface area contributed by atoms with Gasteiger partial charge in [-0.05, 0) is 12.0 Å². The summed E-state index contributed by atoms with van der Waals surface area (Å²) >= 11 is 0. The fourth-order valence-electron chi connectivity index (χ4n) is 2.76. The molecular formula is C21H18O4. The molecule has 2 aromatic carbocycles. The highest BCUT2D eigenvalue weighted by molar-refractivity contribution is 5.95. The SMILES string of the molecule is CC/C1=C(\c2ccccc2)OC(=O)/C=C\C(=O)OC1c1ccccc1. The Morgan fingerprint density at radius 1 is 0.840 bits per heavy atom. The predicted octanol–water partition coefficient (Wildman–Crippen LogP) is 4.21. The summed E-state index contributed by atoms with van der Waals surface area (Å²) in [5, 5.41) is 0. The lowest BCUT2D eigenvalue weighted by atomic mass is 9.95. The number of esters is 2. The third kappa shape index (κ3) is 3.86. The van der Waals surface area contributed by atoms with Gasteiger partial charge in [-0.15, -0.1) is 0 Å². The van der Waals surface area contributed by atoms with Crippen molar-refractivity contribution in [3.8, 4) is 0 Å². The first-order valence-corrected chi connectivity index (χ1v) is 8.13. The van der Waals surface area contributed by atoms with E-state index in [1.165, 1.54) is 0 Å². The van der Waals surface area contributed by atoms with Gasteiger partial charge in [0.05, 0.1) is 0 Å². The number of carbonyl (C=O) groups excluding carboxylic acids is 2. The van der Waals surface area contributed by atoms with Crippen LogP contribution in [0.15, 0.2) is 78.4 Å². The van der Waals surface area contributed by atoms with Crippen LogP contribution in [0, 0.1) is 0 Å². The second-order valence-corrected chi connectivity index (χ2v) is 5.56. The van der Waals surface area contributed by atoms with Gasteiger partial charge in [-0.2, -0.15) is 0 Å². The van der Waals surface area contributed by atoms with Gasteiger partial charge in [0.1, 0.15) is 5.76 Å². The van der Waals surface area contributed by atoms with Crippen molar-refractivity contribution >= 4 is 17.7 Å². The highest BCUT2D eigenvalue weighted by Gasteiger charge is 2.26. The Morgan fingerprint density at radius 3 is 2.08 bits per heavy atom. The van der Waals surface area contributed by atoms with Crippen LogP contribution in [0.5, 0.6) is 0 Å². The molecule has 3 rings (SSSR count). The third-order valence-electron chi connectivity index (χ3n) is 3.92. The summed E-state index contributed by atoms with van der Waals surface area (Å²) in [5.74, 6) is -0.747. The van der Waals surface area contributed by atoms with E-state index < -0.39 is 18.0 Å². The van der Waals surface area contributed by atoms with Crippen LogP contribution >= 0.6 is 0 Å². The first-order chi connectivity index (χ1) is 12.2. The summed E-state index contributed by atoms with van der Waals surface area (Å²) in [5.41, 5.74) is 2.33. The Hall–Kier alpha value is -3.14. The molecule has 0 spiro atoms. The predicted molar refractivity (Wildman–Crippen MR) is 94.2 cm³/mol. The minimum absolute atomic E-state index is 0.432. The van der Waals surface area contributed by atoms with Crippen molar-refractivity contribution in [1.82, 2.24) is 0 Å². The van der Waals surface area contributed by atoms with Gasteiger partial charge < -0.3 is 9.47 Å². The van der Waals surface area contributed by atoms with Crippen LogP contribution in [0.2, 0.25) is 0 Å². The summed E-state index contributed by atoms with van der Waals surface area (Å²) in [6.45, 7) is 1.95. The molecule has 1 atom stereocenters. The highest BCUT2D eigenvalue weighted by atomic mass is 16.6. The van der Waals surface area contributed by atoms with E-state index in [4.69, 9.17) is 9.47 Å². The Bertz CT molecular complexity index is 819. The number of hydrogen-bond donors (Lipinski definition) is 0. The maximum absolute atomic E-state index is 12.1. The van der Waals surface area contributed by atoms with Crippen LogP contribution in [0.4, 0.5) is 0 Å². The largest absolute Gasteiger partial charge is 0.450 e. The first kappa shape index (κ1) is 16.7. The van der Waals surface area contributed by atoms with Crippen molar-refractivity contribution in [1.29, 1.82) is 0 Å². The summed E-state index contributed by atoms with van der Waals surface area (Å²) in [6, 6.07) is 18.8. The summed E-state index contributed by atoms with van der Waals surface area (Å²) in [7, 11) is 0. The zero-order valence-electron chi connectivity index (χ0n) is 13.8. The Kier molecular flexibility index (Phi) is 5.09. The molecule has 0 radical (unpaired) electrons. The van der Waals surface area contributed by atoms with Gasteiger partial charge in [0.2, 0.25) is 0 Å². The molecule has 1 heterocycles. The van der Waals surface area contributed by atoms with E-state index >= 15 is 0 Å². The van der Waals surface area contributed by atoms with E-state index in [1.807, 2.05) is 67.6 Å². The average Bonchev–Trinajstić information content (AvgIpc) is 2.72. The van der Waals surface area contributed by atoms with Crippen molar-refractivity contribution in [2.45, 2.75) is 19.4 Å². The van der Waals surface area contributed by atoms with E-state index in [-0.39, 0.29) is 0 Å². The molecule has 0 N–H and O–H groups in total. The zero-order chi connectivity index (χ0) is 17.6. The summed E-state index contributed by atoms with van der Waals surface area (Å²) < 4.78 is 11.2. The molecule has 25 heavy (non-hydrogen) atoms. The van der Waals surface area contributed by atoms with Crippen LogP contribution in [0.25, 0.3) is 5.76 Å². The minimum Gasteiger partial charge on any atom is -0.450 e. The number of cyclic esters (lactones) is 2. The number of benzene rings is 2. The lowest BCUT2D eigenvalue weighted by molar-refractivity contribution is -0.141. The van der Waals surface area contributed by atoms with Crippen molar-refractivity contribution in [2.24, 2.45) is 0 Å². The molecule has 1 aliphatic rings. The highest BCUT2D eigenvalue weighted by Crippen LogP contribution is 2.35. The number of hydrogen-bond acceptors (Lipinski definition) is 4. The van der Waals surface area contributed by atoms with Crippen LogP contribution in [-0.4, -0.2) is 11.9 Å². The molecule has 4 heteroatoms. The molecule has 0 fully saturated rings. The van der Waals surface area contributed by atoms with Gasteiger partial charge >= 0.3 is 11.9 Å². The van der Waals surface area contributed by atoms with E-state index in [0.29, 0.717) is 12.2 Å². The van der Waals surface area contributed by atoms with Crippen LogP contribution < -0.4 is 0 Å². The molecule has 1 aliphatic heterocycles. The van der Waals surface area contributed by atoms with Gasteiger partial charge in [0, 0.05) is 23.3 Å². The van der Waals surface area contributed by atoms with Gasteiger partial charge in [0.15, 0.2) is 6.10 Å². The number of carbonyl (C=O) groups is 2. The van der Waals surface area contributed by atoms with E-state index in [9.17, 15) is 9.59 Å². The van der Waals surface area contributed by atoms with Gasteiger partial charge in [-0.1, -0.05) is 67.6 Å². The first-order valence-electron chi connectivity index (χ1n) is 8.13. The topological polar surface area (TPSA) is 52.6 Å². The van der Waals surface area contributed by atoms with E-state index in [0.717, 1.165) is 28.9 Å². The Morgan fingerprint density at radius 2 is 1.44 bits per heavy atom. The number of ether oxygens (including phenoxy) is 2. The molecule has 0 saturated heterocycles. The maximum Gasteiger partial charge on any atom is 0.336 e. The monoisotopic (exact) mass is 334 g/mol. The normalized spacial score (nSPS) is 22.2. The fourth-order valence-corrected chi connectivity index (χ4v) is 2.76. The van der Waals surface area contributed by atoms with Crippen molar-refractivity contribution in [2.75, 3.05) is 0 Å². The van der Waals surface area contributed by atoms with Gasteiger partial charge in [-0.3, -0.25) is 0 Å². The lowest BCUT2D eigenvalue weighted by Gasteiger charge is -2.22. The van der Waals surface area contributed by atoms with Gasteiger partial charge in [-0.25, -0.2) is 9.59 Å². The molecule has 0 bridgehead atoms. The molecule has 0 amide bonds. The second kappa shape index (κ2) is 7.62. The van der Waals surface area contributed by atoms with Crippen molar-refractivity contribution in [3.05, 3.63) is 89.5 Å². The summed E-state index contributed by atoms with van der Waals surface area (Å²) in [4.78, 5) is 24.2. The molecule has 0 aliphatic carbocycles. The van der Waals surface area contributed by atoms with Gasteiger partial charge in [0.25, 0.3) is 0 Å². The van der Waals surface area contributed by atoms with Crippen LogP contribution in [-0.2, 0) is 19.1 Å². The molecule has 2 aromatic rings. The molecule has 0 saturated carbocycles. The molecule has 0 aromatic heterocycles. The quantitative estimate of drug-likeness (QED) is 0.789. The third-order valence-corrected chi connectivity index (χ3v) is 3.92. The van der Waals surface area contributed by atoms with E-state index in [1.54, 1.807) is 0 Å². The second-order valence-electron chi connectivity index (χ2n) is 5.56. The van der Waals surface area contributed by atoms with E-state index in [2.05, 4.69) is 0 Å².